The van der Waals surface area contributed by atoms with Crippen molar-refractivity contribution in [1.82, 2.24) is 9.88 Å². The van der Waals surface area contributed by atoms with Gasteiger partial charge < -0.3 is 5.11 Å². The summed E-state index contributed by atoms with van der Waals surface area (Å²) in [5.74, 6) is -0.782. The Morgan fingerprint density at radius 2 is 2.18 bits per heavy atom. The highest BCUT2D eigenvalue weighted by Crippen LogP contribution is 2.27. The van der Waals surface area contributed by atoms with E-state index >= 15 is 0 Å². The SMILES string of the molecule is CC(c1ccccn1)N(C)C(C)(C)CC(=O)O. The van der Waals surface area contributed by atoms with Crippen LogP contribution in [0.2, 0.25) is 0 Å². The number of pyridine rings is 1. The molecule has 0 aliphatic rings. The van der Waals surface area contributed by atoms with E-state index in [1.165, 1.54) is 0 Å². The number of hydrogen-bond acceptors (Lipinski definition) is 3. The predicted molar refractivity (Wildman–Crippen MR) is 66.7 cm³/mol. The molecule has 0 aliphatic carbocycles. The number of aromatic nitrogens is 1. The largest absolute Gasteiger partial charge is 0.481 e. The van der Waals surface area contributed by atoms with Gasteiger partial charge in [-0.2, -0.15) is 0 Å². The zero-order valence-corrected chi connectivity index (χ0v) is 10.8. The van der Waals surface area contributed by atoms with E-state index in [0.717, 1.165) is 5.69 Å². The Bertz CT molecular complexity index is 376. The lowest BCUT2D eigenvalue weighted by molar-refractivity contribution is -0.140. The first-order valence-corrected chi connectivity index (χ1v) is 5.70. The molecule has 94 valence electrons. The van der Waals surface area contributed by atoms with E-state index in [1.54, 1.807) is 6.20 Å². The molecule has 1 aromatic rings. The first kappa shape index (κ1) is 13.6. The average Bonchev–Trinajstić information content (AvgIpc) is 2.26. The summed E-state index contributed by atoms with van der Waals surface area (Å²) >= 11 is 0. The minimum absolute atomic E-state index is 0.0885. The molecule has 0 aromatic carbocycles. The molecule has 1 N–H and O–H groups in total. The van der Waals surface area contributed by atoms with Gasteiger partial charge in [-0.25, -0.2) is 0 Å². The normalized spacial score (nSPS) is 13.7. The van der Waals surface area contributed by atoms with Gasteiger partial charge in [0, 0.05) is 17.8 Å². The van der Waals surface area contributed by atoms with Crippen LogP contribution in [-0.4, -0.2) is 33.5 Å². The van der Waals surface area contributed by atoms with E-state index in [0.29, 0.717) is 0 Å². The second-order valence-electron chi connectivity index (χ2n) is 4.92. The zero-order chi connectivity index (χ0) is 13.1. The smallest absolute Gasteiger partial charge is 0.305 e. The van der Waals surface area contributed by atoms with Crippen molar-refractivity contribution in [2.45, 2.75) is 38.8 Å². The molecule has 0 bridgehead atoms. The summed E-state index contributed by atoms with van der Waals surface area (Å²) in [5, 5.41) is 8.91. The van der Waals surface area contributed by atoms with Crippen molar-refractivity contribution in [3.63, 3.8) is 0 Å². The standard InChI is InChI=1S/C13H20N2O2/c1-10(11-7-5-6-8-14-11)15(4)13(2,3)9-12(16)17/h5-8,10H,9H2,1-4H3,(H,16,17). The number of rotatable bonds is 5. The van der Waals surface area contributed by atoms with Gasteiger partial charge in [0.15, 0.2) is 0 Å². The molecule has 1 heterocycles. The number of carboxylic acid groups (broad SMARTS) is 1. The van der Waals surface area contributed by atoms with Gasteiger partial charge in [-0.05, 0) is 40.0 Å². The fourth-order valence-electron chi connectivity index (χ4n) is 1.84. The summed E-state index contributed by atoms with van der Waals surface area (Å²) in [5.41, 5.74) is 0.552. The second kappa shape index (κ2) is 5.27. The molecule has 17 heavy (non-hydrogen) atoms. The minimum atomic E-state index is -0.782. The van der Waals surface area contributed by atoms with Crippen molar-refractivity contribution in [3.05, 3.63) is 30.1 Å². The van der Waals surface area contributed by atoms with Crippen LogP contribution < -0.4 is 0 Å². The summed E-state index contributed by atoms with van der Waals surface area (Å²) in [6, 6.07) is 5.86. The van der Waals surface area contributed by atoms with Crippen LogP contribution in [0.1, 0.15) is 38.9 Å². The van der Waals surface area contributed by atoms with Crippen molar-refractivity contribution in [2.75, 3.05) is 7.05 Å². The molecule has 4 nitrogen and oxygen atoms in total. The maximum atomic E-state index is 10.8. The summed E-state index contributed by atoms with van der Waals surface area (Å²) in [4.78, 5) is 17.2. The lowest BCUT2D eigenvalue weighted by atomic mass is 9.96. The van der Waals surface area contributed by atoms with Gasteiger partial charge in [-0.15, -0.1) is 0 Å². The maximum absolute atomic E-state index is 10.8. The topological polar surface area (TPSA) is 53.4 Å². The maximum Gasteiger partial charge on any atom is 0.305 e. The highest BCUT2D eigenvalue weighted by Gasteiger charge is 2.30. The fourth-order valence-corrected chi connectivity index (χ4v) is 1.84. The van der Waals surface area contributed by atoms with Crippen molar-refractivity contribution in [2.24, 2.45) is 0 Å². The number of carboxylic acids is 1. The molecular formula is C13H20N2O2. The second-order valence-corrected chi connectivity index (χ2v) is 4.92. The zero-order valence-electron chi connectivity index (χ0n) is 10.8. The first-order chi connectivity index (χ1) is 7.84. The Hall–Kier alpha value is -1.42. The highest BCUT2D eigenvalue weighted by molar-refractivity contribution is 5.68. The van der Waals surface area contributed by atoms with Crippen LogP contribution in [0.5, 0.6) is 0 Å². The van der Waals surface area contributed by atoms with Gasteiger partial charge in [0.1, 0.15) is 0 Å². The predicted octanol–water partition coefficient (Wildman–Crippen LogP) is 2.33. The summed E-state index contributed by atoms with van der Waals surface area (Å²) in [7, 11) is 1.93. The van der Waals surface area contributed by atoms with Gasteiger partial charge in [0.2, 0.25) is 0 Å². The Morgan fingerprint density at radius 1 is 1.53 bits per heavy atom. The van der Waals surface area contributed by atoms with Crippen LogP contribution in [0.3, 0.4) is 0 Å². The monoisotopic (exact) mass is 236 g/mol. The van der Waals surface area contributed by atoms with Crippen molar-refractivity contribution < 1.29 is 9.90 Å². The highest BCUT2D eigenvalue weighted by atomic mass is 16.4. The average molecular weight is 236 g/mol. The van der Waals surface area contributed by atoms with Crippen LogP contribution in [0.15, 0.2) is 24.4 Å². The molecule has 0 saturated carbocycles. The molecular weight excluding hydrogens is 216 g/mol. The third kappa shape index (κ3) is 3.53. The van der Waals surface area contributed by atoms with Crippen molar-refractivity contribution >= 4 is 5.97 Å². The van der Waals surface area contributed by atoms with Crippen LogP contribution >= 0.6 is 0 Å². The van der Waals surface area contributed by atoms with E-state index in [1.807, 2.05) is 50.9 Å². The number of hydrogen-bond donors (Lipinski definition) is 1. The van der Waals surface area contributed by atoms with Gasteiger partial charge in [-0.3, -0.25) is 14.7 Å². The van der Waals surface area contributed by atoms with Gasteiger partial charge >= 0.3 is 5.97 Å². The van der Waals surface area contributed by atoms with E-state index in [-0.39, 0.29) is 12.5 Å². The summed E-state index contributed by atoms with van der Waals surface area (Å²) < 4.78 is 0. The molecule has 0 fully saturated rings. The Balaban J connectivity index is 2.82. The van der Waals surface area contributed by atoms with Crippen LogP contribution in [-0.2, 0) is 4.79 Å². The fraction of sp³-hybridized carbons (Fsp3) is 0.538. The number of aliphatic carboxylic acids is 1. The summed E-state index contributed by atoms with van der Waals surface area (Å²) in [6.45, 7) is 5.90. The Morgan fingerprint density at radius 3 is 2.65 bits per heavy atom. The molecule has 1 aromatic heterocycles. The van der Waals surface area contributed by atoms with Gasteiger partial charge in [0.25, 0.3) is 0 Å². The lowest BCUT2D eigenvalue weighted by Gasteiger charge is -2.38. The lowest BCUT2D eigenvalue weighted by Crippen LogP contribution is -2.44. The van der Waals surface area contributed by atoms with Crippen LogP contribution in [0, 0.1) is 0 Å². The minimum Gasteiger partial charge on any atom is -0.481 e. The third-order valence-corrected chi connectivity index (χ3v) is 3.24. The molecule has 1 rings (SSSR count). The molecule has 1 atom stereocenters. The van der Waals surface area contributed by atoms with E-state index in [2.05, 4.69) is 4.98 Å². The Kier molecular flexibility index (Phi) is 4.23. The van der Waals surface area contributed by atoms with Crippen LogP contribution in [0.4, 0.5) is 0 Å². The molecule has 0 radical (unpaired) electrons. The molecule has 0 aliphatic heterocycles. The van der Waals surface area contributed by atoms with Crippen molar-refractivity contribution in [1.29, 1.82) is 0 Å². The first-order valence-electron chi connectivity index (χ1n) is 5.70. The van der Waals surface area contributed by atoms with Gasteiger partial charge in [0.05, 0.1) is 12.1 Å². The summed E-state index contributed by atoms with van der Waals surface area (Å²) in [6.07, 6.45) is 1.87. The van der Waals surface area contributed by atoms with Gasteiger partial charge in [-0.1, -0.05) is 6.07 Å². The molecule has 4 heteroatoms. The van der Waals surface area contributed by atoms with E-state index in [4.69, 9.17) is 5.11 Å². The van der Waals surface area contributed by atoms with Crippen molar-refractivity contribution in [3.8, 4) is 0 Å². The molecule has 1 unspecified atom stereocenters. The molecule has 0 amide bonds. The molecule has 0 saturated heterocycles. The van der Waals surface area contributed by atoms with E-state index in [9.17, 15) is 4.79 Å². The van der Waals surface area contributed by atoms with E-state index < -0.39 is 11.5 Å². The quantitative estimate of drug-likeness (QED) is 0.852. The van der Waals surface area contributed by atoms with Crippen LogP contribution in [0.25, 0.3) is 0 Å². The molecule has 0 spiro atoms. The Labute approximate surface area is 102 Å². The third-order valence-electron chi connectivity index (χ3n) is 3.24. The number of carbonyl (C=O) groups is 1. The number of nitrogens with zero attached hydrogens (tertiary/aromatic N) is 2.